The van der Waals surface area contributed by atoms with Gasteiger partial charge < -0.3 is 9.84 Å². The van der Waals surface area contributed by atoms with Crippen LogP contribution in [0.4, 0.5) is 16.2 Å². The van der Waals surface area contributed by atoms with E-state index in [1.54, 1.807) is 0 Å². The number of hydrogen-bond donors (Lipinski definition) is 1. The second kappa shape index (κ2) is 4.65. The molecule has 0 spiro atoms. The first-order chi connectivity index (χ1) is 8.25. The lowest BCUT2D eigenvalue weighted by Crippen LogP contribution is -2.08. The first-order valence-corrected chi connectivity index (χ1v) is 4.59. The van der Waals surface area contributed by atoms with Crippen LogP contribution in [0.2, 0.25) is 0 Å². The number of carboxylic acid groups (broad SMARTS) is 1. The molecule has 0 saturated heterocycles. The van der Waals surface area contributed by atoms with E-state index in [-0.39, 0.29) is 11.1 Å². The lowest BCUT2D eigenvalue weighted by molar-refractivity contribution is -0.395. The molecule has 0 amide bonds. The van der Waals surface area contributed by atoms with E-state index in [1.165, 1.54) is 13.8 Å². The molecule has 0 aliphatic rings. The van der Waals surface area contributed by atoms with Crippen molar-refractivity contribution >= 4 is 17.5 Å². The topological polar surface area (TPSA) is 133 Å². The van der Waals surface area contributed by atoms with Gasteiger partial charge in [0.2, 0.25) is 5.75 Å². The summed E-state index contributed by atoms with van der Waals surface area (Å²) in [5.74, 6) is -0.504. The third-order valence-electron chi connectivity index (χ3n) is 2.38. The Kier molecular flexibility index (Phi) is 3.45. The zero-order valence-corrected chi connectivity index (χ0v) is 9.37. The van der Waals surface area contributed by atoms with Crippen molar-refractivity contribution in [3.63, 3.8) is 0 Å². The summed E-state index contributed by atoms with van der Waals surface area (Å²) in [5.41, 5.74) is -1.07. The minimum Gasteiger partial charge on any atom is -0.449 e. The fraction of sp³-hybridized carbons (Fsp3) is 0.222. The van der Waals surface area contributed by atoms with Gasteiger partial charge in [0.05, 0.1) is 15.9 Å². The van der Waals surface area contributed by atoms with Crippen LogP contribution in [0.25, 0.3) is 0 Å². The predicted molar refractivity (Wildman–Crippen MR) is 57.9 cm³/mol. The van der Waals surface area contributed by atoms with Crippen LogP contribution in [0, 0.1) is 34.1 Å². The summed E-state index contributed by atoms with van der Waals surface area (Å²) >= 11 is 0. The number of carbonyl (C=O) groups is 1. The van der Waals surface area contributed by atoms with Crippen LogP contribution in [0.1, 0.15) is 11.1 Å². The lowest BCUT2D eigenvalue weighted by Gasteiger charge is -2.08. The van der Waals surface area contributed by atoms with Crippen molar-refractivity contribution in [1.82, 2.24) is 0 Å². The minimum absolute atomic E-state index is 0.0401. The summed E-state index contributed by atoms with van der Waals surface area (Å²) in [6.07, 6.45) is -1.73. The predicted octanol–water partition coefficient (Wildman–Crippen LogP) is 2.18. The minimum atomic E-state index is -1.73. The van der Waals surface area contributed by atoms with Crippen molar-refractivity contribution in [2.75, 3.05) is 0 Å². The molecule has 0 atom stereocenters. The fourth-order valence-electron chi connectivity index (χ4n) is 1.40. The highest BCUT2D eigenvalue weighted by molar-refractivity contribution is 5.69. The molecule has 0 aliphatic carbocycles. The molecular formula is C9H8N2O7. The SMILES string of the molecule is Cc1c([N+](=O)[O-])cc([N+](=O)[O-])c(OC(=O)O)c1C. The summed E-state index contributed by atoms with van der Waals surface area (Å²) < 4.78 is 4.31. The van der Waals surface area contributed by atoms with Crippen LogP contribution in [0.5, 0.6) is 5.75 Å². The number of nitro groups is 2. The molecule has 0 radical (unpaired) electrons. The van der Waals surface area contributed by atoms with Gasteiger partial charge in [-0.3, -0.25) is 20.2 Å². The van der Waals surface area contributed by atoms with Crippen LogP contribution in [-0.2, 0) is 0 Å². The van der Waals surface area contributed by atoms with Crippen LogP contribution in [0.15, 0.2) is 6.07 Å². The highest BCUT2D eigenvalue weighted by Crippen LogP contribution is 2.38. The average molecular weight is 256 g/mol. The number of nitrogens with zero attached hydrogens (tertiary/aromatic N) is 2. The Morgan fingerprint density at radius 3 is 2.06 bits per heavy atom. The molecule has 0 saturated carbocycles. The van der Waals surface area contributed by atoms with Crippen molar-refractivity contribution in [2.45, 2.75) is 13.8 Å². The first kappa shape index (κ1) is 13.4. The van der Waals surface area contributed by atoms with Gasteiger partial charge >= 0.3 is 11.8 Å². The van der Waals surface area contributed by atoms with Gasteiger partial charge in [0, 0.05) is 11.1 Å². The maximum Gasteiger partial charge on any atom is 0.511 e. The van der Waals surface area contributed by atoms with E-state index in [0.717, 1.165) is 0 Å². The normalized spacial score (nSPS) is 9.89. The second-order valence-corrected chi connectivity index (χ2v) is 3.38. The van der Waals surface area contributed by atoms with E-state index in [1.807, 2.05) is 0 Å². The smallest absolute Gasteiger partial charge is 0.449 e. The molecule has 1 rings (SSSR count). The van der Waals surface area contributed by atoms with E-state index in [0.29, 0.717) is 6.07 Å². The molecule has 0 aromatic heterocycles. The molecule has 96 valence electrons. The fourth-order valence-corrected chi connectivity index (χ4v) is 1.40. The average Bonchev–Trinajstić information content (AvgIpc) is 2.23. The quantitative estimate of drug-likeness (QED) is 0.379. The molecule has 1 aromatic rings. The molecule has 9 nitrogen and oxygen atoms in total. The Morgan fingerprint density at radius 1 is 1.17 bits per heavy atom. The molecule has 0 heterocycles. The van der Waals surface area contributed by atoms with Gasteiger partial charge in [-0.05, 0) is 13.8 Å². The Balaban J connectivity index is 3.60. The lowest BCUT2D eigenvalue weighted by atomic mass is 10.1. The van der Waals surface area contributed by atoms with E-state index in [9.17, 15) is 25.0 Å². The summed E-state index contributed by atoms with van der Waals surface area (Å²) in [5, 5.41) is 29.9. The number of ether oxygens (including phenoxy) is 1. The Morgan fingerprint density at radius 2 is 1.67 bits per heavy atom. The molecule has 0 unspecified atom stereocenters. The number of benzene rings is 1. The maximum absolute atomic E-state index is 10.8. The third kappa shape index (κ3) is 2.34. The number of rotatable bonds is 3. The number of nitro benzene ring substituents is 2. The van der Waals surface area contributed by atoms with Crippen molar-refractivity contribution in [2.24, 2.45) is 0 Å². The zero-order valence-electron chi connectivity index (χ0n) is 9.37. The van der Waals surface area contributed by atoms with Gasteiger partial charge in [-0.2, -0.15) is 0 Å². The standard InChI is InChI=1S/C9H8N2O7/c1-4-5(2)8(18-9(12)13)7(11(16)17)3-6(4)10(14)15/h3H,1-2H3,(H,12,13). The highest BCUT2D eigenvalue weighted by Gasteiger charge is 2.28. The molecule has 18 heavy (non-hydrogen) atoms. The third-order valence-corrected chi connectivity index (χ3v) is 2.38. The van der Waals surface area contributed by atoms with Gasteiger partial charge in [0.25, 0.3) is 5.69 Å². The van der Waals surface area contributed by atoms with E-state index < -0.39 is 33.1 Å². The Labute approximate surface area is 99.9 Å². The Bertz CT molecular complexity index is 552. The monoisotopic (exact) mass is 256 g/mol. The van der Waals surface area contributed by atoms with E-state index in [2.05, 4.69) is 4.74 Å². The van der Waals surface area contributed by atoms with Crippen molar-refractivity contribution in [1.29, 1.82) is 0 Å². The zero-order chi connectivity index (χ0) is 14.0. The van der Waals surface area contributed by atoms with Crippen LogP contribution in [0.3, 0.4) is 0 Å². The van der Waals surface area contributed by atoms with Gasteiger partial charge in [0.15, 0.2) is 0 Å². The van der Waals surface area contributed by atoms with Crippen molar-refractivity contribution in [3.05, 3.63) is 37.4 Å². The largest absolute Gasteiger partial charge is 0.511 e. The van der Waals surface area contributed by atoms with Gasteiger partial charge in [-0.25, -0.2) is 4.79 Å². The highest BCUT2D eigenvalue weighted by atomic mass is 16.7. The molecular weight excluding hydrogens is 248 g/mol. The molecule has 0 aliphatic heterocycles. The van der Waals surface area contributed by atoms with Gasteiger partial charge in [-0.15, -0.1) is 0 Å². The summed E-state index contributed by atoms with van der Waals surface area (Å²) in [6, 6.07) is 0.681. The van der Waals surface area contributed by atoms with Crippen LogP contribution >= 0.6 is 0 Å². The Hall–Kier alpha value is -2.71. The number of hydrogen-bond acceptors (Lipinski definition) is 6. The van der Waals surface area contributed by atoms with Gasteiger partial charge in [0.1, 0.15) is 0 Å². The van der Waals surface area contributed by atoms with Crippen molar-refractivity contribution < 1.29 is 24.5 Å². The molecule has 9 heteroatoms. The summed E-state index contributed by atoms with van der Waals surface area (Å²) in [6.45, 7) is 2.67. The molecule has 1 aromatic carbocycles. The van der Waals surface area contributed by atoms with Gasteiger partial charge in [-0.1, -0.05) is 0 Å². The summed E-state index contributed by atoms with van der Waals surface area (Å²) in [7, 11) is 0. The maximum atomic E-state index is 10.8. The van der Waals surface area contributed by atoms with Crippen LogP contribution < -0.4 is 4.74 Å². The molecule has 0 bridgehead atoms. The second-order valence-electron chi connectivity index (χ2n) is 3.38. The van der Waals surface area contributed by atoms with Crippen LogP contribution in [-0.4, -0.2) is 21.1 Å². The molecule has 0 fully saturated rings. The van der Waals surface area contributed by atoms with E-state index in [4.69, 9.17) is 5.11 Å². The first-order valence-electron chi connectivity index (χ1n) is 4.59. The molecule has 1 N–H and O–H groups in total. The van der Waals surface area contributed by atoms with Crippen molar-refractivity contribution in [3.8, 4) is 5.75 Å². The van der Waals surface area contributed by atoms with E-state index >= 15 is 0 Å². The summed E-state index contributed by atoms with van der Waals surface area (Å²) in [4.78, 5) is 30.2.